The maximum absolute atomic E-state index is 13.4. The predicted molar refractivity (Wildman–Crippen MR) is 77.3 cm³/mol. The first-order valence-corrected chi connectivity index (χ1v) is 7.18. The summed E-state index contributed by atoms with van der Waals surface area (Å²) in [5, 5.41) is 0. The van der Waals surface area contributed by atoms with Crippen molar-refractivity contribution in [2.75, 3.05) is 13.1 Å². The largest absolute Gasteiger partial charge is 0.331 e. The molecule has 102 valence electrons. The van der Waals surface area contributed by atoms with E-state index in [1.54, 1.807) is 12.1 Å². The number of aromatic amines is 1. The molecule has 1 fully saturated rings. The van der Waals surface area contributed by atoms with Gasteiger partial charge in [-0.25, -0.2) is 4.39 Å². The van der Waals surface area contributed by atoms with Gasteiger partial charge in [0, 0.05) is 12.6 Å². The Hall–Kier alpha value is -1.20. The number of hydrogen-bond acceptors (Lipinski definition) is 2. The first kappa shape index (κ1) is 12.8. The van der Waals surface area contributed by atoms with Crippen LogP contribution in [0.5, 0.6) is 0 Å². The number of nitrogens with zero attached hydrogens (tertiary/aromatic N) is 2. The Morgan fingerprint density at radius 1 is 1.37 bits per heavy atom. The standard InChI is InChI=1S/C14H18FN3S/c1-10(17-6-2-3-7-17)9-18-13-8-11(15)4-5-12(13)16-14(18)19/h4-5,8,10H,2-3,6-7,9H2,1H3,(H,16,19). The van der Waals surface area contributed by atoms with E-state index in [0.29, 0.717) is 10.8 Å². The maximum atomic E-state index is 13.4. The highest BCUT2D eigenvalue weighted by Gasteiger charge is 2.19. The van der Waals surface area contributed by atoms with E-state index in [4.69, 9.17) is 12.2 Å². The average Bonchev–Trinajstić information content (AvgIpc) is 2.99. The molecule has 0 aliphatic carbocycles. The summed E-state index contributed by atoms with van der Waals surface area (Å²) in [5.41, 5.74) is 1.76. The van der Waals surface area contributed by atoms with Crippen molar-refractivity contribution in [2.45, 2.75) is 32.4 Å². The van der Waals surface area contributed by atoms with E-state index in [-0.39, 0.29) is 5.82 Å². The molecule has 1 unspecified atom stereocenters. The van der Waals surface area contributed by atoms with Gasteiger partial charge < -0.3 is 9.55 Å². The van der Waals surface area contributed by atoms with E-state index in [2.05, 4.69) is 16.8 Å². The summed E-state index contributed by atoms with van der Waals surface area (Å²) in [4.78, 5) is 5.61. The minimum absolute atomic E-state index is 0.218. The van der Waals surface area contributed by atoms with E-state index in [0.717, 1.165) is 30.7 Å². The normalized spacial score (nSPS) is 18.2. The van der Waals surface area contributed by atoms with Crippen LogP contribution in [0.4, 0.5) is 4.39 Å². The fourth-order valence-corrected chi connectivity index (χ4v) is 3.15. The van der Waals surface area contributed by atoms with E-state index >= 15 is 0 Å². The summed E-state index contributed by atoms with van der Waals surface area (Å²) in [7, 11) is 0. The minimum atomic E-state index is -0.218. The summed E-state index contributed by atoms with van der Waals surface area (Å²) in [6, 6.07) is 5.19. The number of rotatable bonds is 3. The molecule has 3 nitrogen and oxygen atoms in total. The summed E-state index contributed by atoms with van der Waals surface area (Å²) in [6.07, 6.45) is 2.55. The van der Waals surface area contributed by atoms with Gasteiger partial charge in [0.1, 0.15) is 5.82 Å². The van der Waals surface area contributed by atoms with Gasteiger partial charge in [-0.15, -0.1) is 0 Å². The highest BCUT2D eigenvalue weighted by atomic mass is 32.1. The van der Waals surface area contributed by atoms with Crippen LogP contribution < -0.4 is 0 Å². The van der Waals surface area contributed by atoms with E-state index in [9.17, 15) is 4.39 Å². The Labute approximate surface area is 117 Å². The SMILES string of the molecule is CC(Cn1c(=S)[nH]c2ccc(F)cc21)N1CCCC1. The molecule has 1 atom stereocenters. The molecule has 0 bridgehead atoms. The number of H-pyrrole nitrogens is 1. The number of hydrogen-bond donors (Lipinski definition) is 1. The molecule has 0 saturated carbocycles. The molecule has 1 N–H and O–H groups in total. The van der Waals surface area contributed by atoms with Crippen molar-refractivity contribution in [1.29, 1.82) is 0 Å². The molecular weight excluding hydrogens is 261 g/mol. The van der Waals surface area contributed by atoms with Crippen molar-refractivity contribution >= 4 is 23.3 Å². The van der Waals surface area contributed by atoms with Gasteiger partial charge in [-0.05, 0) is 63.3 Å². The molecule has 5 heteroatoms. The highest BCUT2D eigenvalue weighted by molar-refractivity contribution is 7.71. The van der Waals surface area contributed by atoms with Crippen molar-refractivity contribution in [3.05, 3.63) is 28.8 Å². The van der Waals surface area contributed by atoms with Gasteiger partial charge >= 0.3 is 0 Å². The molecule has 1 saturated heterocycles. The van der Waals surface area contributed by atoms with Crippen molar-refractivity contribution in [3.63, 3.8) is 0 Å². The number of nitrogens with one attached hydrogen (secondary N) is 1. The van der Waals surface area contributed by atoms with Crippen LogP contribution in [-0.4, -0.2) is 33.6 Å². The lowest BCUT2D eigenvalue weighted by Gasteiger charge is -2.24. The van der Waals surface area contributed by atoms with Gasteiger partial charge in [-0.2, -0.15) is 0 Å². The third-order valence-electron chi connectivity index (χ3n) is 3.95. The Bertz CT molecular complexity index is 640. The smallest absolute Gasteiger partial charge is 0.178 e. The fourth-order valence-electron chi connectivity index (χ4n) is 2.87. The minimum Gasteiger partial charge on any atom is -0.331 e. The Kier molecular flexibility index (Phi) is 3.41. The Morgan fingerprint density at radius 2 is 2.11 bits per heavy atom. The molecule has 1 aliphatic heterocycles. The van der Waals surface area contributed by atoms with Gasteiger partial charge in [0.05, 0.1) is 11.0 Å². The van der Waals surface area contributed by atoms with Crippen molar-refractivity contribution in [3.8, 4) is 0 Å². The zero-order chi connectivity index (χ0) is 13.4. The van der Waals surface area contributed by atoms with Crippen molar-refractivity contribution in [1.82, 2.24) is 14.5 Å². The van der Waals surface area contributed by atoms with Crippen molar-refractivity contribution in [2.24, 2.45) is 0 Å². The van der Waals surface area contributed by atoms with Gasteiger partial charge in [-0.3, -0.25) is 4.90 Å². The second-order valence-corrected chi connectivity index (χ2v) is 5.68. The predicted octanol–water partition coefficient (Wildman–Crippen LogP) is 3.32. The topological polar surface area (TPSA) is 24.0 Å². The third kappa shape index (κ3) is 2.44. The van der Waals surface area contributed by atoms with Gasteiger partial charge in [0.2, 0.25) is 0 Å². The lowest BCUT2D eigenvalue weighted by atomic mass is 10.2. The first-order valence-electron chi connectivity index (χ1n) is 6.77. The van der Waals surface area contributed by atoms with Crippen LogP contribution in [0.2, 0.25) is 0 Å². The number of imidazole rings is 1. The fraction of sp³-hybridized carbons (Fsp3) is 0.500. The average molecular weight is 279 g/mol. The zero-order valence-corrected chi connectivity index (χ0v) is 11.8. The number of benzene rings is 1. The summed E-state index contributed by atoms with van der Waals surface area (Å²) >= 11 is 5.36. The molecule has 1 aromatic heterocycles. The molecule has 19 heavy (non-hydrogen) atoms. The number of likely N-dealkylation sites (tertiary alicyclic amines) is 1. The van der Waals surface area contributed by atoms with Crippen LogP contribution in [0.15, 0.2) is 18.2 Å². The zero-order valence-electron chi connectivity index (χ0n) is 11.0. The second-order valence-electron chi connectivity index (χ2n) is 5.29. The van der Waals surface area contributed by atoms with Gasteiger partial charge in [-0.1, -0.05) is 0 Å². The number of fused-ring (bicyclic) bond motifs is 1. The molecule has 1 aromatic carbocycles. The van der Waals surface area contributed by atoms with E-state index in [1.807, 2.05) is 4.57 Å². The van der Waals surface area contributed by atoms with E-state index in [1.165, 1.54) is 18.9 Å². The summed E-state index contributed by atoms with van der Waals surface area (Å²) in [5.74, 6) is -0.218. The second kappa shape index (κ2) is 5.06. The van der Waals surface area contributed by atoms with Crippen LogP contribution in [0.25, 0.3) is 11.0 Å². The monoisotopic (exact) mass is 279 g/mol. The summed E-state index contributed by atoms with van der Waals surface area (Å²) in [6.45, 7) is 5.34. The first-order chi connectivity index (χ1) is 9.15. The quantitative estimate of drug-likeness (QED) is 0.871. The van der Waals surface area contributed by atoms with Crippen LogP contribution in [0.1, 0.15) is 19.8 Å². The Balaban J connectivity index is 1.93. The summed E-state index contributed by atoms with van der Waals surface area (Å²) < 4.78 is 16.1. The molecule has 2 heterocycles. The van der Waals surface area contributed by atoms with Gasteiger partial charge in [0.25, 0.3) is 0 Å². The highest BCUT2D eigenvalue weighted by Crippen LogP contribution is 2.18. The molecule has 2 aromatic rings. The van der Waals surface area contributed by atoms with Crippen LogP contribution in [-0.2, 0) is 6.54 Å². The van der Waals surface area contributed by atoms with Gasteiger partial charge in [0.15, 0.2) is 4.77 Å². The lowest BCUT2D eigenvalue weighted by molar-refractivity contribution is 0.237. The molecule has 0 spiro atoms. The maximum Gasteiger partial charge on any atom is 0.178 e. The molecule has 3 rings (SSSR count). The molecule has 0 radical (unpaired) electrons. The van der Waals surface area contributed by atoms with Crippen LogP contribution >= 0.6 is 12.2 Å². The molecule has 1 aliphatic rings. The molecule has 0 amide bonds. The van der Waals surface area contributed by atoms with Crippen molar-refractivity contribution < 1.29 is 4.39 Å². The Morgan fingerprint density at radius 3 is 2.84 bits per heavy atom. The third-order valence-corrected chi connectivity index (χ3v) is 4.27. The van der Waals surface area contributed by atoms with E-state index < -0.39 is 0 Å². The number of halogens is 1. The number of aromatic nitrogens is 2. The lowest BCUT2D eigenvalue weighted by Crippen LogP contribution is -2.33. The van der Waals surface area contributed by atoms with Crippen LogP contribution in [0.3, 0.4) is 0 Å². The van der Waals surface area contributed by atoms with Crippen LogP contribution in [0, 0.1) is 10.6 Å². The molecular formula is C14H18FN3S.